The van der Waals surface area contributed by atoms with Crippen LogP contribution >= 0.6 is 11.6 Å². The molecule has 1 fully saturated rings. The molecular weight excluding hydrogens is 372 g/mol. The normalized spacial score (nSPS) is 15.9. The number of methoxy groups -OCH3 is 1. The Hall–Kier alpha value is -1.76. The van der Waals surface area contributed by atoms with Gasteiger partial charge in [0.25, 0.3) is 10.0 Å². The van der Waals surface area contributed by atoms with E-state index in [1.807, 2.05) is 19.1 Å². The van der Waals surface area contributed by atoms with E-state index in [1.165, 1.54) is 6.07 Å². The van der Waals surface area contributed by atoms with Gasteiger partial charge in [0.05, 0.1) is 11.0 Å². The van der Waals surface area contributed by atoms with Crippen LogP contribution in [0.5, 0.6) is 0 Å². The summed E-state index contributed by atoms with van der Waals surface area (Å²) >= 11 is 6.04. The number of aryl methyl sites for hydroxylation is 1. The van der Waals surface area contributed by atoms with E-state index in [1.54, 1.807) is 31.4 Å². The molecule has 0 amide bonds. The number of benzene rings is 2. The summed E-state index contributed by atoms with van der Waals surface area (Å²) in [6.07, 6.45) is 2.33. The zero-order chi connectivity index (χ0) is 18.7. The molecule has 0 saturated carbocycles. The van der Waals surface area contributed by atoms with Crippen molar-refractivity contribution in [3.05, 3.63) is 53.1 Å². The lowest BCUT2D eigenvalue weighted by molar-refractivity contribution is 0.0819. The summed E-state index contributed by atoms with van der Waals surface area (Å²) in [5, 5.41) is 0.433. The quantitative estimate of drug-likeness (QED) is 0.830. The second-order valence-electron chi connectivity index (χ2n) is 6.49. The highest BCUT2D eigenvalue weighted by molar-refractivity contribution is 7.92. The van der Waals surface area contributed by atoms with Gasteiger partial charge in [-0.2, -0.15) is 0 Å². The van der Waals surface area contributed by atoms with Crippen LogP contribution in [0.1, 0.15) is 18.4 Å². The van der Waals surface area contributed by atoms with Crippen LogP contribution in [0, 0.1) is 6.92 Å². The molecule has 7 heteroatoms. The smallest absolute Gasteiger partial charge is 0.261 e. The molecule has 2 aromatic rings. The Morgan fingerprint density at radius 2 is 1.77 bits per heavy atom. The third-order valence-corrected chi connectivity index (χ3v) is 6.50. The molecule has 0 aliphatic carbocycles. The second kappa shape index (κ2) is 7.86. The fourth-order valence-electron chi connectivity index (χ4n) is 3.04. The summed E-state index contributed by atoms with van der Waals surface area (Å²) < 4.78 is 33.1. The van der Waals surface area contributed by atoms with Gasteiger partial charge in [0.1, 0.15) is 0 Å². The standard InChI is InChI=1S/C19H23ClN2O3S/c1-14-3-8-18(13-19(14)20)26(23,24)21-15-4-6-16(7-5-15)22-11-9-17(25-2)10-12-22/h3-8,13,17,21H,9-12H2,1-2H3. The molecule has 0 bridgehead atoms. The number of rotatable bonds is 5. The Labute approximate surface area is 160 Å². The predicted octanol–water partition coefficient (Wildman–Crippen LogP) is 4.06. The minimum absolute atomic E-state index is 0.152. The lowest BCUT2D eigenvalue weighted by Crippen LogP contribution is -2.36. The van der Waals surface area contributed by atoms with Crippen molar-refractivity contribution < 1.29 is 13.2 Å². The number of nitrogens with zero attached hydrogens (tertiary/aromatic N) is 1. The topological polar surface area (TPSA) is 58.6 Å². The van der Waals surface area contributed by atoms with Gasteiger partial charge in [-0.05, 0) is 61.7 Å². The Morgan fingerprint density at radius 3 is 2.35 bits per heavy atom. The van der Waals surface area contributed by atoms with Gasteiger partial charge in [-0.1, -0.05) is 17.7 Å². The van der Waals surface area contributed by atoms with Crippen LogP contribution in [0.2, 0.25) is 5.02 Å². The first-order chi connectivity index (χ1) is 12.4. The summed E-state index contributed by atoms with van der Waals surface area (Å²) in [5.74, 6) is 0. The van der Waals surface area contributed by atoms with Crippen LogP contribution < -0.4 is 9.62 Å². The molecule has 140 valence electrons. The number of ether oxygens (including phenoxy) is 1. The number of halogens is 1. The van der Waals surface area contributed by atoms with Crippen molar-refractivity contribution in [3.63, 3.8) is 0 Å². The Morgan fingerprint density at radius 1 is 1.12 bits per heavy atom. The molecule has 0 atom stereocenters. The maximum atomic E-state index is 12.5. The maximum Gasteiger partial charge on any atom is 0.261 e. The summed E-state index contributed by atoms with van der Waals surface area (Å²) in [5.41, 5.74) is 2.45. The first-order valence-electron chi connectivity index (χ1n) is 8.56. The predicted molar refractivity (Wildman–Crippen MR) is 106 cm³/mol. The summed E-state index contributed by atoms with van der Waals surface area (Å²) in [7, 11) is -1.91. The lowest BCUT2D eigenvalue weighted by Gasteiger charge is -2.33. The van der Waals surface area contributed by atoms with E-state index >= 15 is 0 Å². The van der Waals surface area contributed by atoms with Crippen molar-refractivity contribution in [2.24, 2.45) is 0 Å². The Bertz CT molecular complexity index is 861. The molecule has 26 heavy (non-hydrogen) atoms. The molecular formula is C19H23ClN2O3S. The van der Waals surface area contributed by atoms with E-state index in [4.69, 9.17) is 16.3 Å². The van der Waals surface area contributed by atoms with Crippen LogP contribution in [0.3, 0.4) is 0 Å². The molecule has 1 heterocycles. The largest absolute Gasteiger partial charge is 0.381 e. The van der Waals surface area contributed by atoms with Crippen molar-refractivity contribution in [3.8, 4) is 0 Å². The van der Waals surface area contributed by atoms with E-state index in [-0.39, 0.29) is 4.90 Å². The number of sulfonamides is 1. The van der Waals surface area contributed by atoms with Crippen LogP contribution in [-0.2, 0) is 14.8 Å². The molecule has 0 spiro atoms. The average Bonchev–Trinajstić information content (AvgIpc) is 2.64. The lowest BCUT2D eigenvalue weighted by atomic mass is 10.1. The third-order valence-electron chi connectivity index (χ3n) is 4.71. The van der Waals surface area contributed by atoms with Crippen molar-refractivity contribution in [1.82, 2.24) is 0 Å². The van der Waals surface area contributed by atoms with Gasteiger partial charge >= 0.3 is 0 Å². The number of hydrogen-bond donors (Lipinski definition) is 1. The molecule has 3 rings (SSSR count). The zero-order valence-electron chi connectivity index (χ0n) is 14.9. The second-order valence-corrected chi connectivity index (χ2v) is 8.58. The third kappa shape index (κ3) is 4.31. The minimum Gasteiger partial charge on any atom is -0.381 e. The van der Waals surface area contributed by atoms with Gasteiger partial charge in [0.15, 0.2) is 0 Å². The SMILES string of the molecule is COC1CCN(c2ccc(NS(=O)(=O)c3ccc(C)c(Cl)c3)cc2)CC1. The average molecular weight is 395 g/mol. The molecule has 1 saturated heterocycles. The van der Waals surface area contributed by atoms with Crippen LogP contribution in [0.4, 0.5) is 11.4 Å². The minimum atomic E-state index is -3.67. The van der Waals surface area contributed by atoms with E-state index in [0.29, 0.717) is 16.8 Å². The highest BCUT2D eigenvalue weighted by Crippen LogP contribution is 2.25. The fraction of sp³-hybridized carbons (Fsp3) is 0.368. The first kappa shape index (κ1) is 19.0. The number of nitrogens with one attached hydrogen (secondary N) is 1. The maximum absolute atomic E-state index is 12.5. The van der Waals surface area contributed by atoms with Crippen molar-refractivity contribution in [2.45, 2.75) is 30.8 Å². The van der Waals surface area contributed by atoms with Crippen molar-refractivity contribution >= 4 is 33.0 Å². The molecule has 0 unspecified atom stereocenters. The van der Waals surface area contributed by atoms with Gasteiger partial charge in [-0.25, -0.2) is 8.42 Å². The van der Waals surface area contributed by atoms with Crippen molar-refractivity contribution in [1.29, 1.82) is 0 Å². The molecule has 2 aromatic carbocycles. The van der Waals surface area contributed by atoms with Crippen LogP contribution in [-0.4, -0.2) is 34.7 Å². The number of hydrogen-bond acceptors (Lipinski definition) is 4. The molecule has 0 radical (unpaired) electrons. The van der Waals surface area contributed by atoms with Crippen LogP contribution in [0.15, 0.2) is 47.4 Å². The van der Waals surface area contributed by atoms with E-state index in [9.17, 15) is 8.42 Å². The molecule has 1 N–H and O–H groups in total. The van der Waals surface area contributed by atoms with Gasteiger partial charge in [0.2, 0.25) is 0 Å². The van der Waals surface area contributed by atoms with Crippen LogP contribution in [0.25, 0.3) is 0 Å². The monoisotopic (exact) mass is 394 g/mol. The summed E-state index contributed by atoms with van der Waals surface area (Å²) in [6.45, 7) is 3.71. The highest BCUT2D eigenvalue weighted by atomic mass is 35.5. The molecule has 1 aliphatic rings. The fourth-order valence-corrected chi connectivity index (χ4v) is 4.37. The highest BCUT2D eigenvalue weighted by Gasteiger charge is 2.19. The van der Waals surface area contributed by atoms with Crippen molar-refractivity contribution in [2.75, 3.05) is 29.8 Å². The van der Waals surface area contributed by atoms with E-state index < -0.39 is 10.0 Å². The van der Waals surface area contributed by atoms with E-state index in [2.05, 4.69) is 9.62 Å². The molecule has 1 aliphatic heterocycles. The Balaban J connectivity index is 1.70. The summed E-state index contributed by atoms with van der Waals surface area (Å²) in [6, 6.07) is 12.2. The number of anilines is 2. The van der Waals surface area contributed by atoms with Gasteiger partial charge in [-0.15, -0.1) is 0 Å². The van der Waals surface area contributed by atoms with Gasteiger partial charge in [-0.3, -0.25) is 4.72 Å². The Kier molecular flexibility index (Phi) is 5.75. The zero-order valence-corrected chi connectivity index (χ0v) is 16.5. The molecule has 5 nitrogen and oxygen atoms in total. The summed E-state index contributed by atoms with van der Waals surface area (Å²) in [4.78, 5) is 2.44. The van der Waals surface area contributed by atoms with Gasteiger partial charge in [0, 0.05) is 36.6 Å². The number of piperidine rings is 1. The first-order valence-corrected chi connectivity index (χ1v) is 10.4. The van der Waals surface area contributed by atoms with E-state index in [0.717, 1.165) is 37.2 Å². The molecule has 0 aromatic heterocycles. The van der Waals surface area contributed by atoms with Gasteiger partial charge < -0.3 is 9.64 Å².